The molecule has 1 aromatic heterocycles. The summed E-state index contributed by atoms with van der Waals surface area (Å²) in [6, 6.07) is 1.69. The molecule has 1 saturated heterocycles. The Balaban J connectivity index is 2.32. The average molecular weight is 265 g/mol. The van der Waals surface area contributed by atoms with E-state index in [1.807, 2.05) is 7.05 Å². The van der Waals surface area contributed by atoms with Crippen molar-refractivity contribution in [1.29, 1.82) is 0 Å². The van der Waals surface area contributed by atoms with Crippen molar-refractivity contribution >= 4 is 0 Å². The van der Waals surface area contributed by atoms with E-state index >= 15 is 0 Å². The topological polar surface area (TPSA) is 28.2 Å². The molecule has 1 aliphatic rings. The normalized spacial score (nSPS) is 21.3. The second kappa shape index (κ2) is 5.97. The van der Waals surface area contributed by atoms with Gasteiger partial charge in [0.1, 0.15) is 5.82 Å². The predicted molar refractivity (Wildman–Crippen MR) is 75.5 cm³/mol. The van der Waals surface area contributed by atoms with Crippen molar-refractivity contribution in [2.45, 2.75) is 44.7 Å². The summed E-state index contributed by atoms with van der Waals surface area (Å²) in [5.41, 5.74) is 0.930. The minimum Gasteiger partial charge on any atom is -0.311 e. The van der Waals surface area contributed by atoms with Gasteiger partial charge in [-0.3, -0.25) is 9.88 Å². The van der Waals surface area contributed by atoms with Gasteiger partial charge in [-0.15, -0.1) is 0 Å². The molecule has 0 saturated carbocycles. The molecule has 2 atom stereocenters. The van der Waals surface area contributed by atoms with Gasteiger partial charge < -0.3 is 5.32 Å². The first-order valence-corrected chi connectivity index (χ1v) is 7.14. The molecule has 2 rings (SSSR count). The van der Waals surface area contributed by atoms with Gasteiger partial charge in [-0.25, -0.2) is 4.39 Å². The van der Waals surface area contributed by atoms with Gasteiger partial charge in [0, 0.05) is 11.7 Å². The van der Waals surface area contributed by atoms with E-state index in [0.717, 1.165) is 25.1 Å². The molecule has 19 heavy (non-hydrogen) atoms. The number of rotatable bonds is 5. The first kappa shape index (κ1) is 14.4. The number of halogens is 1. The lowest BCUT2D eigenvalue weighted by atomic mass is 9.83. The molecule has 3 nitrogen and oxygen atoms in total. The van der Waals surface area contributed by atoms with E-state index in [1.165, 1.54) is 19.0 Å². The maximum atomic E-state index is 13.4. The molecular weight excluding hydrogens is 241 g/mol. The number of likely N-dealkylation sites (tertiary alicyclic amines) is 1. The molecule has 0 bridgehead atoms. The Bertz CT molecular complexity index is 418. The Kier molecular flexibility index (Phi) is 4.53. The zero-order chi connectivity index (χ0) is 13.9. The van der Waals surface area contributed by atoms with Gasteiger partial charge in [0.15, 0.2) is 0 Å². The van der Waals surface area contributed by atoms with Gasteiger partial charge in [0.2, 0.25) is 0 Å². The maximum absolute atomic E-state index is 13.4. The van der Waals surface area contributed by atoms with Crippen LogP contribution >= 0.6 is 0 Å². The summed E-state index contributed by atoms with van der Waals surface area (Å²) in [6.45, 7) is 6.73. The number of pyridine rings is 1. The van der Waals surface area contributed by atoms with Crippen molar-refractivity contribution in [3.63, 3.8) is 0 Å². The quantitative estimate of drug-likeness (QED) is 0.887. The van der Waals surface area contributed by atoms with E-state index in [-0.39, 0.29) is 17.4 Å². The molecule has 1 fully saturated rings. The van der Waals surface area contributed by atoms with Crippen LogP contribution in [0.25, 0.3) is 0 Å². The monoisotopic (exact) mass is 265 g/mol. The van der Waals surface area contributed by atoms with Crippen LogP contribution in [-0.4, -0.2) is 35.6 Å². The van der Waals surface area contributed by atoms with E-state index in [2.05, 4.69) is 29.0 Å². The summed E-state index contributed by atoms with van der Waals surface area (Å²) in [7, 11) is 1.94. The van der Waals surface area contributed by atoms with Crippen molar-refractivity contribution < 1.29 is 4.39 Å². The van der Waals surface area contributed by atoms with Gasteiger partial charge in [0.05, 0.1) is 12.2 Å². The first-order chi connectivity index (χ1) is 9.11. The maximum Gasteiger partial charge on any atom is 0.141 e. The zero-order valence-electron chi connectivity index (χ0n) is 12.1. The average Bonchev–Trinajstić information content (AvgIpc) is 2.94. The molecule has 0 aromatic carbocycles. The Morgan fingerprint density at radius 3 is 2.63 bits per heavy atom. The lowest BCUT2D eigenvalue weighted by Gasteiger charge is -2.44. The summed E-state index contributed by atoms with van der Waals surface area (Å²) in [5, 5.41) is 3.37. The van der Waals surface area contributed by atoms with Crippen LogP contribution in [0.3, 0.4) is 0 Å². The van der Waals surface area contributed by atoms with Gasteiger partial charge in [-0.1, -0.05) is 6.92 Å². The Morgan fingerprint density at radius 2 is 2.11 bits per heavy atom. The van der Waals surface area contributed by atoms with Crippen molar-refractivity contribution in [3.05, 3.63) is 29.8 Å². The van der Waals surface area contributed by atoms with Crippen LogP contribution in [0.2, 0.25) is 0 Å². The summed E-state index contributed by atoms with van der Waals surface area (Å²) in [5.74, 6) is -0.266. The molecular formula is C15H24FN3. The van der Waals surface area contributed by atoms with Crippen molar-refractivity contribution in [2.24, 2.45) is 0 Å². The lowest BCUT2D eigenvalue weighted by molar-refractivity contribution is 0.0870. The zero-order valence-corrected chi connectivity index (χ0v) is 12.1. The molecule has 106 valence electrons. The molecule has 0 aliphatic carbocycles. The molecule has 1 N–H and O–H groups in total. The highest BCUT2D eigenvalue weighted by Crippen LogP contribution is 2.36. The molecule has 2 heterocycles. The van der Waals surface area contributed by atoms with E-state index in [9.17, 15) is 4.39 Å². The van der Waals surface area contributed by atoms with E-state index in [0.29, 0.717) is 0 Å². The highest BCUT2D eigenvalue weighted by atomic mass is 19.1. The third kappa shape index (κ3) is 2.79. The van der Waals surface area contributed by atoms with Crippen LogP contribution in [0.4, 0.5) is 4.39 Å². The van der Waals surface area contributed by atoms with Gasteiger partial charge in [0.25, 0.3) is 0 Å². The number of nitrogens with zero attached hydrogens (tertiary/aromatic N) is 2. The van der Waals surface area contributed by atoms with Crippen LogP contribution in [0, 0.1) is 5.82 Å². The first-order valence-electron chi connectivity index (χ1n) is 7.14. The number of likely N-dealkylation sites (N-methyl/N-ethyl adjacent to an activating group) is 1. The number of hydrogen-bond acceptors (Lipinski definition) is 3. The number of hydrogen-bond donors (Lipinski definition) is 1. The second-order valence-electron chi connectivity index (χ2n) is 5.56. The van der Waals surface area contributed by atoms with Crippen LogP contribution < -0.4 is 5.32 Å². The Hall–Kier alpha value is -1.00. The summed E-state index contributed by atoms with van der Waals surface area (Å²) >= 11 is 0. The molecule has 1 aliphatic heterocycles. The van der Waals surface area contributed by atoms with Crippen LogP contribution in [0.5, 0.6) is 0 Å². The molecule has 0 radical (unpaired) electrons. The molecule has 1 aromatic rings. The fourth-order valence-corrected chi connectivity index (χ4v) is 3.26. The number of nitrogens with one attached hydrogen (secondary N) is 1. The Labute approximate surface area is 115 Å². The number of aromatic nitrogens is 1. The van der Waals surface area contributed by atoms with E-state index < -0.39 is 0 Å². The molecule has 4 heteroatoms. The third-order valence-electron chi connectivity index (χ3n) is 4.51. The van der Waals surface area contributed by atoms with E-state index in [4.69, 9.17) is 0 Å². The minimum absolute atomic E-state index is 0.000718. The largest absolute Gasteiger partial charge is 0.311 e. The minimum atomic E-state index is -0.266. The van der Waals surface area contributed by atoms with Gasteiger partial charge in [-0.05, 0) is 58.0 Å². The van der Waals surface area contributed by atoms with Crippen LogP contribution in [0.15, 0.2) is 18.5 Å². The SMILES string of the molecule is CCC(C)(C(NC)c1cncc(F)c1)N1CCCC1. The predicted octanol–water partition coefficient (Wildman–Crippen LogP) is 2.75. The summed E-state index contributed by atoms with van der Waals surface area (Å²) in [6.07, 6.45) is 6.57. The van der Waals surface area contributed by atoms with Crippen LogP contribution in [0.1, 0.15) is 44.7 Å². The van der Waals surface area contributed by atoms with E-state index in [1.54, 1.807) is 12.3 Å². The summed E-state index contributed by atoms with van der Waals surface area (Å²) in [4.78, 5) is 6.52. The highest BCUT2D eigenvalue weighted by Gasteiger charge is 2.39. The highest BCUT2D eigenvalue weighted by molar-refractivity contribution is 5.20. The molecule has 0 amide bonds. The van der Waals surface area contributed by atoms with Crippen molar-refractivity contribution in [3.8, 4) is 0 Å². The van der Waals surface area contributed by atoms with Crippen molar-refractivity contribution in [2.75, 3.05) is 20.1 Å². The smallest absolute Gasteiger partial charge is 0.141 e. The van der Waals surface area contributed by atoms with Gasteiger partial charge >= 0.3 is 0 Å². The Morgan fingerprint density at radius 1 is 1.42 bits per heavy atom. The fraction of sp³-hybridized carbons (Fsp3) is 0.667. The summed E-state index contributed by atoms with van der Waals surface area (Å²) < 4.78 is 13.4. The lowest BCUT2D eigenvalue weighted by Crippen LogP contribution is -2.52. The standard InChI is InChI=1S/C15H24FN3/c1-4-15(2,19-7-5-6-8-19)14(17-3)12-9-13(16)11-18-10-12/h9-11,14,17H,4-8H2,1-3H3. The van der Waals surface area contributed by atoms with Gasteiger partial charge in [-0.2, -0.15) is 0 Å². The van der Waals surface area contributed by atoms with Crippen molar-refractivity contribution in [1.82, 2.24) is 15.2 Å². The third-order valence-corrected chi connectivity index (χ3v) is 4.51. The molecule has 0 spiro atoms. The second-order valence-corrected chi connectivity index (χ2v) is 5.56. The van der Waals surface area contributed by atoms with Crippen LogP contribution in [-0.2, 0) is 0 Å². The molecule has 2 unspecified atom stereocenters. The fourth-order valence-electron chi connectivity index (χ4n) is 3.26.